The second-order valence-electron chi connectivity index (χ2n) is 8.24. The van der Waals surface area contributed by atoms with Crippen molar-refractivity contribution in [3.05, 3.63) is 77.0 Å². The van der Waals surface area contributed by atoms with Crippen molar-refractivity contribution in [3.8, 4) is 16.9 Å². The van der Waals surface area contributed by atoms with Crippen molar-refractivity contribution in [1.82, 2.24) is 19.8 Å². The Hall–Kier alpha value is -3.61. The molecule has 5 rings (SSSR count). The Bertz CT molecular complexity index is 1310. The molecular formula is C24H21FN4O2. The van der Waals surface area contributed by atoms with E-state index in [1.54, 1.807) is 28.8 Å². The summed E-state index contributed by atoms with van der Waals surface area (Å²) < 4.78 is 15.2. The zero-order valence-corrected chi connectivity index (χ0v) is 17.2. The number of para-hydroxylation sites is 1. The maximum Gasteiger partial charge on any atom is 0.185 e. The van der Waals surface area contributed by atoms with Crippen LogP contribution in [0.1, 0.15) is 59.5 Å². The molecule has 1 unspecified atom stereocenters. The minimum Gasteiger partial charge on any atom is -0.508 e. The Labute approximate surface area is 178 Å². The van der Waals surface area contributed by atoms with Gasteiger partial charge in [-0.1, -0.05) is 44.2 Å². The molecule has 1 aliphatic carbocycles. The number of hydrogen-bond donors (Lipinski definition) is 1. The third-order valence-corrected chi connectivity index (χ3v) is 5.85. The topological polar surface area (TPSA) is 80.4 Å². The standard InChI is InChI=1S/C24H21FN4O2/c1-13(2)22-21(14-7-9-16(25)10-8-14)24-27-26-23-18(29(24)28-22)11-15(12-20(23)31)17-5-3-4-6-19(17)30/h3-10,13,15,30H,11-12H2,1-2H3. The van der Waals surface area contributed by atoms with Gasteiger partial charge < -0.3 is 5.11 Å². The van der Waals surface area contributed by atoms with E-state index in [2.05, 4.69) is 10.2 Å². The maximum atomic E-state index is 13.5. The van der Waals surface area contributed by atoms with E-state index in [-0.39, 0.29) is 35.6 Å². The number of fused-ring (bicyclic) bond motifs is 3. The average molecular weight is 416 g/mol. The first kappa shape index (κ1) is 19.4. The van der Waals surface area contributed by atoms with Crippen LogP contribution in [0.15, 0.2) is 48.5 Å². The summed E-state index contributed by atoms with van der Waals surface area (Å²) in [4.78, 5) is 12.9. The zero-order valence-electron chi connectivity index (χ0n) is 17.2. The highest BCUT2D eigenvalue weighted by Crippen LogP contribution is 2.38. The summed E-state index contributed by atoms with van der Waals surface area (Å²) in [7, 11) is 0. The fourth-order valence-corrected chi connectivity index (χ4v) is 4.34. The SMILES string of the molecule is CC(C)c1nn2c3c(nnc2c1-c1ccc(F)cc1)C(=O)CC(c1ccccc1O)C3. The van der Waals surface area contributed by atoms with Gasteiger partial charge in [0.1, 0.15) is 11.6 Å². The molecule has 2 aromatic carbocycles. The normalized spacial score (nSPS) is 16.1. The lowest BCUT2D eigenvalue weighted by molar-refractivity contribution is 0.0955. The van der Waals surface area contributed by atoms with Crippen LogP contribution in [0.5, 0.6) is 5.75 Å². The molecule has 0 radical (unpaired) electrons. The van der Waals surface area contributed by atoms with E-state index in [0.29, 0.717) is 23.5 Å². The molecule has 0 bridgehead atoms. The van der Waals surface area contributed by atoms with Gasteiger partial charge in [0.25, 0.3) is 0 Å². The lowest BCUT2D eigenvalue weighted by atomic mass is 9.83. The summed E-state index contributed by atoms with van der Waals surface area (Å²) in [6.07, 6.45) is 0.765. The second-order valence-corrected chi connectivity index (χ2v) is 8.24. The molecule has 1 N–H and O–H groups in total. The Balaban J connectivity index is 1.71. The van der Waals surface area contributed by atoms with Crippen LogP contribution >= 0.6 is 0 Å². The Morgan fingerprint density at radius 2 is 1.81 bits per heavy atom. The van der Waals surface area contributed by atoms with Crippen molar-refractivity contribution in [3.63, 3.8) is 0 Å². The number of phenols is 1. The number of hydrogen-bond acceptors (Lipinski definition) is 5. The van der Waals surface area contributed by atoms with Gasteiger partial charge in [-0.05, 0) is 41.7 Å². The van der Waals surface area contributed by atoms with Crippen LogP contribution in [0, 0.1) is 5.82 Å². The molecule has 2 heterocycles. The van der Waals surface area contributed by atoms with Gasteiger partial charge in [0, 0.05) is 12.3 Å². The van der Waals surface area contributed by atoms with Crippen LogP contribution in [-0.4, -0.2) is 30.7 Å². The van der Waals surface area contributed by atoms with E-state index in [0.717, 1.165) is 22.4 Å². The van der Waals surface area contributed by atoms with Crippen LogP contribution in [0.4, 0.5) is 4.39 Å². The van der Waals surface area contributed by atoms with Gasteiger partial charge in [-0.3, -0.25) is 4.79 Å². The first-order valence-corrected chi connectivity index (χ1v) is 10.3. The van der Waals surface area contributed by atoms with Crippen LogP contribution in [0.3, 0.4) is 0 Å². The van der Waals surface area contributed by atoms with Crippen LogP contribution in [0.2, 0.25) is 0 Å². The highest BCUT2D eigenvalue weighted by atomic mass is 19.1. The molecule has 0 aliphatic heterocycles. The summed E-state index contributed by atoms with van der Waals surface area (Å²) in [6.45, 7) is 4.06. The lowest BCUT2D eigenvalue weighted by Gasteiger charge is -2.23. The van der Waals surface area contributed by atoms with E-state index >= 15 is 0 Å². The van der Waals surface area contributed by atoms with Crippen molar-refractivity contribution >= 4 is 11.4 Å². The second kappa shape index (κ2) is 7.27. The van der Waals surface area contributed by atoms with Crippen LogP contribution < -0.4 is 0 Å². The average Bonchev–Trinajstić information content (AvgIpc) is 3.15. The predicted molar refractivity (Wildman–Crippen MR) is 114 cm³/mol. The number of phenolic OH excluding ortho intramolecular Hbond substituents is 1. The van der Waals surface area contributed by atoms with Crippen molar-refractivity contribution < 1.29 is 14.3 Å². The largest absolute Gasteiger partial charge is 0.508 e. The van der Waals surface area contributed by atoms with Gasteiger partial charge in [-0.2, -0.15) is 5.10 Å². The molecule has 0 spiro atoms. The third kappa shape index (κ3) is 3.17. The summed E-state index contributed by atoms with van der Waals surface area (Å²) in [6, 6.07) is 13.3. The molecule has 6 nitrogen and oxygen atoms in total. The summed E-state index contributed by atoms with van der Waals surface area (Å²) in [5, 5.41) is 23.7. The number of carbonyl (C=O) groups is 1. The highest BCUT2D eigenvalue weighted by Gasteiger charge is 2.33. The molecule has 7 heteroatoms. The van der Waals surface area contributed by atoms with Gasteiger partial charge in [0.05, 0.1) is 17.0 Å². The number of carbonyl (C=O) groups excluding carboxylic acids is 1. The molecular weight excluding hydrogens is 395 g/mol. The number of nitrogens with zero attached hydrogens (tertiary/aromatic N) is 4. The quantitative estimate of drug-likeness (QED) is 0.525. The molecule has 2 aromatic heterocycles. The number of ketones is 1. The maximum absolute atomic E-state index is 13.5. The molecule has 4 aromatic rings. The van der Waals surface area contributed by atoms with Gasteiger partial charge in [-0.25, -0.2) is 8.91 Å². The van der Waals surface area contributed by atoms with Crippen molar-refractivity contribution in [1.29, 1.82) is 0 Å². The van der Waals surface area contributed by atoms with Crippen LogP contribution in [-0.2, 0) is 6.42 Å². The van der Waals surface area contributed by atoms with Crippen molar-refractivity contribution in [2.24, 2.45) is 0 Å². The number of rotatable bonds is 3. The molecule has 1 atom stereocenters. The number of aromatic nitrogens is 4. The highest BCUT2D eigenvalue weighted by molar-refractivity contribution is 5.97. The first-order valence-electron chi connectivity index (χ1n) is 10.3. The van der Waals surface area contributed by atoms with Gasteiger partial charge in [0.15, 0.2) is 17.1 Å². The number of Topliss-reactive ketones (excluding diaryl/α,β-unsaturated/α-hetero) is 1. The number of halogens is 1. The summed E-state index contributed by atoms with van der Waals surface area (Å²) in [5.74, 6) is -0.336. The molecule has 0 saturated carbocycles. The van der Waals surface area contributed by atoms with Gasteiger partial charge in [-0.15, -0.1) is 10.2 Å². The first-order chi connectivity index (χ1) is 14.9. The third-order valence-electron chi connectivity index (χ3n) is 5.85. The predicted octanol–water partition coefficient (Wildman–Crippen LogP) is 4.67. The molecule has 1 aliphatic rings. The number of aromatic hydroxyl groups is 1. The fraction of sp³-hybridized carbons (Fsp3) is 0.250. The molecule has 0 amide bonds. The Morgan fingerprint density at radius 3 is 2.52 bits per heavy atom. The van der Waals surface area contributed by atoms with Gasteiger partial charge >= 0.3 is 0 Å². The summed E-state index contributed by atoms with van der Waals surface area (Å²) in [5.41, 5.74) is 4.69. The van der Waals surface area contributed by atoms with E-state index in [1.165, 1.54) is 12.1 Å². The minimum atomic E-state index is -0.314. The molecule has 0 fully saturated rings. The number of benzene rings is 2. The van der Waals surface area contributed by atoms with Crippen LogP contribution in [0.25, 0.3) is 16.8 Å². The monoisotopic (exact) mass is 416 g/mol. The van der Waals surface area contributed by atoms with E-state index in [9.17, 15) is 14.3 Å². The zero-order chi connectivity index (χ0) is 21.7. The molecule has 156 valence electrons. The van der Waals surface area contributed by atoms with E-state index < -0.39 is 0 Å². The lowest BCUT2D eigenvalue weighted by Crippen LogP contribution is -2.24. The summed E-state index contributed by atoms with van der Waals surface area (Å²) >= 11 is 0. The molecule has 31 heavy (non-hydrogen) atoms. The van der Waals surface area contributed by atoms with Crippen molar-refractivity contribution in [2.45, 2.75) is 38.5 Å². The molecule has 0 saturated heterocycles. The Kier molecular flexibility index (Phi) is 4.54. The Morgan fingerprint density at radius 1 is 1.06 bits per heavy atom. The van der Waals surface area contributed by atoms with Crippen molar-refractivity contribution in [2.75, 3.05) is 0 Å². The minimum absolute atomic E-state index is 0.0886. The fourth-order valence-electron chi connectivity index (χ4n) is 4.34. The van der Waals surface area contributed by atoms with E-state index in [4.69, 9.17) is 5.10 Å². The van der Waals surface area contributed by atoms with Gasteiger partial charge in [0.2, 0.25) is 0 Å². The van der Waals surface area contributed by atoms with E-state index in [1.807, 2.05) is 26.0 Å². The smallest absolute Gasteiger partial charge is 0.185 e.